The number of carbonyl (C=O) groups excluding carboxylic acids is 2. The molecule has 26 heavy (non-hydrogen) atoms. The highest BCUT2D eigenvalue weighted by atomic mass is 19.2. The molecule has 0 amide bonds. The molecule has 132 valence electrons. The van der Waals surface area contributed by atoms with Crippen LogP contribution in [0.2, 0.25) is 0 Å². The Morgan fingerprint density at radius 1 is 0.846 bits per heavy atom. The molecule has 2 aromatic rings. The van der Waals surface area contributed by atoms with Crippen LogP contribution in [0, 0.1) is 11.6 Å². The number of halogens is 2. The summed E-state index contributed by atoms with van der Waals surface area (Å²) in [5.41, 5.74) is 1.31. The maximum absolute atomic E-state index is 13.6. The maximum atomic E-state index is 13.6. The molecule has 1 heterocycles. The van der Waals surface area contributed by atoms with Crippen LogP contribution >= 0.6 is 0 Å². The van der Waals surface area contributed by atoms with E-state index in [2.05, 4.69) is 5.32 Å². The molecule has 0 radical (unpaired) electrons. The molecular weight excluding hydrogens is 338 g/mol. The fourth-order valence-electron chi connectivity index (χ4n) is 3.44. The second kappa shape index (κ2) is 6.37. The Kier molecular flexibility index (Phi) is 4.03. The van der Waals surface area contributed by atoms with Gasteiger partial charge < -0.3 is 10.2 Å². The molecule has 4 nitrogen and oxygen atoms in total. The number of hydrogen-bond acceptors (Lipinski definition) is 4. The van der Waals surface area contributed by atoms with Gasteiger partial charge in [-0.25, -0.2) is 8.78 Å². The number of fused-ring (bicyclic) bond motifs is 1. The van der Waals surface area contributed by atoms with E-state index in [4.69, 9.17) is 0 Å². The van der Waals surface area contributed by atoms with Crippen LogP contribution in [-0.4, -0.2) is 29.6 Å². The number of benzene rings is 2. The summed E-state index contributed by atoms with van der Waals surface area (Å²) >= 11 is 0. The number of anilines is 1. The van der Waals surface area contributed by atoms with Crippen LogP contribution in [0.1, 0.15) is 33.6 Å². The molecule has 1 fully saturated rings. The van der Waals surface area contributed by atoms with Gasteiger partial charge in [0.2, 0.25) is 11.6 Å². The van der Waals surface area contributed by atoms with E-state index in [1.807, 2.05) is 4.90 Å². The second-order valence-electron chi connectivity index (χ2n) is 6.38. The van der Waals surface area contributed by atoms with E-state index in [1.54, 1.807) is 24.3 Å². The summed E-state index contributed by atoms with van der Waals surface area (Å²) in [5.74, 6) is -2.55. The topological polar surface area (TPSA) is 49.4 Å². The normalized spacial score (nSPS) is 16.9. The second-order valence-corrected chi connectivity index (χ2v) is 6.38. The van der Waals surface area contributed by atoms with E-state index in [0.29, 0.717) is 29.9 Å². The minimum atomic E-state index is -1.02. The van der Waals surface area contributed by atoms with Gasteiger partial charge in [0.1, 0.15) is 11.4 Å². The molecule has 1 saturated heterocycles. The Labute approximate surface area is 149 Å². The molecule has 0 atom stereocenters. The quantitative estimate of drug-likeness (QED) is 0.912. The lowest BCUT2D eigenvalue weighted by atomic mass is 9.89. The zero-order valence-corrected chi connectivity index (χ0v) is 13.9. The summed E-state index contributed by atoms with van der Waals surface area (Å²) in [7, 11) is 0. The number of likely N-dealkylation sites (tertiary alicyclic amines) is 1. The molecule has 0 saturated carbocycles. The molecular formula is C20H16F2N2O2. The van der Waals surface area contributed by atoms with Crippen LogP contribution in [0.5, 0.6) is 0 Å². The lowest BCUT2D eigenvalue weighted by Crippen LogP contribution is -2.35. The maximum Gasteiger partial charge on any atom is 0.212 e. The van der Waals surface area contributed by atoms with Crippen molar-refractivity contribution < 1.29 is 18.4 Å². The zero-order chi connectivity index (χ0) is 18.3. The van der Waals surface area contributed by atoms with E-state index in [1.165, 1.54) is 6.07 Å². The van der Waals surface area contributed by atoms with Crippen molar-refractivity contribution in [2.45, 2.75) is 12.8 Å². The predicted molar refractivity (Wildman–Crippen MR) is 92.9 cm³/mol. The highest BCUT2D eigenvalue weighted by molar-refractivity contribution is 6.27. The minimum Gasteiger partial charge on any atom is -0.367 e. The fraction of sp³-hybridized carbons (Fsp3) is 0.200. The Bertz CT molecular complexity index is 947. The smallest absolute Gasteiger partial charge is 0.212 e. The van der Waals surface area contributed by atoms with Crippen molar-refractivity contribution in [3.63, 3.8) is 0 Å². The van der Waals surface area contributed by atoms with Crippen molar-refractivity contribution in [2.24, 2.45) is 0 Å². The first kappa shape index (κ1) is 16.4. The van der Waals surface area contributed by atoms with Crippen molar-refractivity contribution in [3.8, 4) is 0 Å². The average molecular weight is 354 g/mol. The summed E-state index contributed by atoms with van der Waals surface area (Å²) in [6.07, 6.45) is 1.87. The molecule has 2 aromatic carbocycles. The van der Waals surface area contributed by atoms with Crippen molar-refractivity contribution in [3.05, 3.63) is 76.6 Å². The van der Waals surface area contributed by atoms with Gasteiger partial charge >= 0.3 is 0 Å². The third kappa shape index (κ3) is 2.67. The lowest BCUT2D eigenvalue weighted by molar-refractivity contribution is 0.0948. The van der Waals surface area contributed by atoms with Crippen molar-refractivity contribution in [1.29, 1.82) is 0 Å². The highest BCUT2D eigenvalue weighted by Gasteiger charge is 2.36. The molecule has 1 aliphatic carbocycles. The summed E-state index contributed by atoms with van der Waals surface area (Å²) in [4.78, 5) is 28.0. The Hall–Kier alpha value is -3.02. The van der Waals surface area contributed by atoms with Gasteiger partial charge in [0, 0.05) is 36.0 Å². The lowest BCUT2D eigenvalue weighted by Gasteiger charge is -2.28. The van der Waals surface area contributed by atoms with E-state index in [-0.39, 0.29) is 23.0 Å². The summed E-state index contributed by atoms with van der Waals surface area (Å²) < 4.78 is 26.7. The average Bonchev–Trinajstić information content (AvgIpc) is 3.17. The van der Waals surface area contributed by atoms with E-state index in [9.17, 15) is 18.4 Å². The molecule has 4 rings (SSSR count). The first-order valence-electron chi connectivity index (χ1n) is 8.46. The van der Waals surface area contributed by atoms with Crippen LogP contribution in [0.4, 0.5) is 14.5 Å². The first-order valence-corrected chi connectivity index (χ1v) is 8.46. The molecule has 0 aromatic heterocycles. The number of hydrogen-bond donors (Lipinski definition) is 1. The van der Waals surface area contributed by atoms with Crippen LogP contribution in [0.15, 0.2) is 53.9 Å². The third-order valence-electron chi connectivity index (χ3n) is 4.71. The van der Waals surface area contributed by atoms with E-state index in [0.717, 1.165) is 25.0 Å². The first-order chi connectivity index (χ1) is 12.6. The molecule has 0 unspecified atom stereocenters. The van der Waals surface area contributed by atoms with Gasteiger partial charge in [0.15, 0.2) is 11.6 Å². The van der Waals surface area contributed by atoms with Gasteiger partial charge in [-0.05, 0) is 25.0 Å². The summed E-state index contributed by atoms with van der Waals surface area (Å²) in [5, 5.41) is 2.86. The van der Waals surface area contributed by atoms with Crippen LogP contribution in [-0.2, 0) is 0 Å². The number of rotatable bonds is 3. The Balaban J connectivity index is 1.83. The Morgan fingerprint density at radius 2 is 1.50 bits per heavy atom. The van der Waals surface area contributed by atoms with Gasteiger partial charge in [-0.2, -0.15) is 0 Å². The number of nitrogens with one attached hydrogen (secondary N) is 1. The van der Waals surface area contributed by atoms with Crippen molar-refractivity contribution >= 4 is 17.3 Å². The molecule has 6 heteroatoms. The number of carbonyl (C=O) groups is 2. The standard InChI is InChI=1S/C20H16F2N2O2/c21-15-8-7-12(11-16(15)22)23-17-18(24-9-3-4-10-24)20(26)14-6-2-1-5-13(14)19(17)25/h1-2,5-8,11,23H,3-4,9-10H2. The van der Waals surface area contributed by atoms with E-state index < -0.39 is 11.6 Å². The number of ketones is 2. The van der Waals surface area contributed by atoms with E-state index >= 15 is 0 Å². The highest BCUT2D eigenvalue weighted by Crippen LogP contribution is 2.31. The largest absolute Gasteiger partial charge is 0.367 e. The van der Waals surface area contributed by atoms with Gasteiger partial charge in [-0.3, -0.25) is 9.59 Å². The number of nitrogens with zero attached hydrogens (tertiary/aromatic N) is 1. The van der Waals surface area contributed by atoms with Crippen LogP contribution < -0.4 is 5.32 Å². The van der Waals surface area contributed by atoms with Crippen molar-refractivity contribution in [1.82, 2.24) is 4.90 Å². The summed E-state index contributed by atoms with van der Waals surface area (Å²) in [6, 6.07) is 9.95. The van der Waals surface area contributed by atoms with Crippen LogP contribution in [0.25, 0.3) is 0 Å². The fourth-order valence-corrected chi connectivity index (χ4v) is 3.44. The Morgan fingerprint density at radius 3 is 2.15 bits per heavy atom. The monoisotopic (exact) mass is 354 g/mol. The predicted octanol–water partition coefficient (Wildman–Crippen LogP) is 3.76. The number of Topliss-reactive ketones (excluding diaryl/α,β-unsaturated/α-hetero) is 2. The SMILES string of the molecule is O=C1C(Nc2ccc(F)c(F)c2)=C(N2CCCC2)C(=O)c2ccccc21. The van der Waals surface area contributed by atoms with Gasteiger partial charge in [-0.15, -0.1) is 0 Å². The van der Waals surface area contributed by atoms with Gasteiger partial charge in [0.25, 0.3) is 0 Å². The third-order valence-corrected chi connectivity index (χ3v) is 4.71. The molecule has 2 aliphatic rings. The van der Waals surface area contributed by atoms with Gasteiger partial charge in [0.05, 0.1) is 0 Å². The molecule has 1 aliphatic heterocycles. The van der Waals surface area contributed by atoms with Crippen molar-refractivity contribution in [2.75, 3.05) is 18.4 Å². The zero-order valence-electron chi connectivity index (χ0n) is 13.9. The molecule has 1 N–H and O–H groups in total. The van der Waals surface area contributed by atoms with Crippen LogP contribution in [0.3, 0.4) is 0 Å². The molecule has 0 spiro atoms. The minimum absolute atomic E-state index is 0.113. The summed E-state index contributed by atoms with van der Waals surface area (Å²) in [6.45, 7) is 1.36. The molecule has 0 bridgehead atoms. The van der Waals surface area contributed by atoms with Gasteiger partial charge in [-0.1, -0.05) is 24.3 Å². The number of allylic oxidation sites excluding steroid dienone is 2.